The van der Waals surface area contributed by atoms with E-state index in [4.69, 9.17) is 10.8 Å². The molecule has 0 aliphatic heterocycles. The Morgan fingerprint density at radius 2 is 2.33 bits per heavy atom. The van der Waals surface area contributed by atoms with Gasteiger partial charge >= 0.3 is 78.7 Å². The molecule has 0 radical (unpaired) electrons. The summed E-state index contributed by atoms with van der Waals surface area (Å²) in [6.45, 7) is 5.76. The van der Waals surface area contributed by atoms with Gasteiger partial charge < -0.3 is 0 Å². The molecule has 4 heteroatoms. The Balaban J connectivity index is 3.31. The van der Waals surface area contributed by atoms with Gasteiger partial charge in [-0.25, -0.2) is 0 Å². The van der Waals surface area contributed by atoms with Gasteiger partial charge in [0.2, 0.25) is 0 Å². The van der Waals surface area contributed by atoms with Crippen LogP contribution < -0.4 is 5.73 Å². The summed E-state index contributed by atoms with van der Waals surface area (Å²) < 4.78 is 0. The van der Waals surface area contributed by atoms with E-state index in [9.17, 15) is 4.79 Å². The van der Waals surface area contributed by atoms with Crippen LogP contribution in [0.15, 0.2) is 12.2 Å². The maximum absolute atomic E-state index is 10.3. The number of nitrogens with two attached hydrogens (primary N) is 1. The van der Waals surface area contributed by atoms with Crippen LogP contribution in [-0.2, 0) is 4.79 Å². The Bertz CT molecular complexity index is 170. The van der Waals surface area contributed by atoms with Gasteiger partial charge in [-0.3, -0.25) is 0 Å². The third-order valence-electron chi connectivity index (χ3n) is 1.24. The molecule has 0 rings (SSSR count). The number of rotatable bonds is 6. The Labute approximate surface area is 79.2 Å². The van der Waals surface area contributed by atoms with E-state index >= 15 is 0 Å². The normalized spacial score (nSPS) is 12.5. The molecule has 0 aliphatic rings. The number of allylic oxidation sites excluding steroid dienone is 1. The second-order valence-corrected chi connectivity index (χ2v) is 5.06. The van der Waals surface area contributed by atoms with Crippen LogP contribution >= 0.6 is 0 Å². The molecule has 12 heavy (non-hydrogen) atoms. The second-order valence-electron chi connectivity index (χ2n) is 2.74. The maximum atomic E-state index is 10.3. The van der Waals surface area contributed by atoms with Crippen molar-refractivity contribution in [3.8, 4) is 0 Å². The fourth-order valence-corrected chi connectivity index (χ4v) is 2.50. The Hall–Kier alpha value is -0.311. The summed E-state index contributed by atoms with van der Waals surface area (Å²) in [4.78, 5) is 10.3. The average Bonchev–Trinajstić information content (AvgIpc) is 1.97. The molecule has 0 amide bonds. The Kier molecular flexibility index (Phi) is 6.07. The first-order chi connectivity index (χ1) is 5.54. The average molecular weight is 236 g/mol. The van der Waals surface area contributed by atoms with Crippen molar-refractivity contribution in [1.82, 2.24) is 0 Å². The van der Waals surface area contributed by atoms with E-state index in [0.717, 1.165) is 10.6 Å². The van der Waals surface area contributed by atoms with E-state index in [2.05, 4.69) is 6.58 Å². The van der Waals surface area contributed by atoms with E-state index in [-0.39, 0.29) is 0 Å². The summed E-state index contributed by atoms with van der Waals surface area (Å²) in [6, 6.07) is -0.683. The van der Waals surface area contributed by atoms with Crippen molar-refractivity contribution in [3.05, 3.63) is 12.2 Å². The van der Waals surface area contributed by atoms with Gasteiger partial charge in [-0.15, -0.1) is 0 Å². The van der Waals surface area contributed by atoms with Gasteiger partial charge in [-0.2, -0.15) is 0 Å². The van der Waals surface area contributed by atoms with Crippen molar-refractivity contribution < 1.29 is 9.90 Å². The molecule has 0 saturated heterocycles. The Morgan fingerprint density at radius 1 is 1.75 bits per heavy atom. The summed E-state index contributed by atoms with van der Waals surface area (Å²) >= 11 is 0.471. The van der Waals surface area contributed by atoms with Crippen molar-refractivity contribution >= 4 is 20.9 Å². The first-order valence-corrected chi connectivity index (χ1v) is 6.17. The molecule has 3 N–H and O–H groups in total. The number of carboxylic acids is 1. The molecular weight excluding hydrogens is 221 g/mol. The van der Waals surface area contributed by atoms with E-state index in [1.54, 1.807) is 0 Å². The van der Waals surface area contributed by atoms with Crippen LogP contribution in [0.4, 0.5) is 0 Å². The van der Waals surface area contributed by atoms with Crippen LogP contribution in [0.25, 0.3) is 0 Å². The first-order valence-electron chi connectivity index (χ1n) is 3.74. The molecule has 0 aromatic carbocycles. The van der Waals surface area contributed by atoms with Gasteiger partial charge in [0.25, 0.3) is 0 Å². The van der Waals surface area contributed by atoms with Crippen LogP contribution in [0.2, 0.25) is 10.6 Å². The summed E-state index contributed by atoms with van der Waals surface area (Å²) in [5, 5.41) is 10.4. The fraction of sp³-hybridized carbons (Fsp3) is 0.625. The zero-order valence-corrected chi connectivity index (χ0v) is 8.96. The summed E-state index contributed by atoms with van der Waals surface area (Å²) in [7, 11) is 0. The van der Waals surface area contributed by atoms with E-state index in [1.807, 2.05) is 6.92 Å². The molecule has 0 aromatic heterocycles. The third-order valence-corrected chi connectivity index (χ3v) is 3.80. The molecule has 1 atom stereocenters. The second kappa shape index (κ2) is 6.23. The van der Waals surface area contributed by atoms with Crippen molar-refractivity contribution in [2.24, 2.45) is 5.73 Å². The number of carboxylic acid groups (broad SMARTS) is 1. The zero-order valence-electron chi connectivity index (χ0n) is 7.25. The molecule has 0 fully saturated rings. The summed E-state index contributed by atoms with van der Waals surface area (Å²) in [5.74, 6) is -0.902. The fourth-order valence-electron chi connectivity index (χ4n) is 0.580. The minimum absolute atomic E-state index is 0.471. The number of carbonyl (C=O) groups is 1. The topological polar surface area (TPSA) is 63.3 Å². The standard InChI is InChI=1S/C8H15NO2Se/c1-6(2)5-12-4-3-7(9)8(10)11/h7H,1,3-5,9H2,2H3,(H,10,11)/t7-/m0/s1. The molecule has 0 heterocycles. The summed E-state index contributed by atoms with van der Waals surface area (Å²) in [5.41, 5.74) is 6.49. The van der Waals surface area contributed by atoms with E-state index in [1.165, 1.54) is 5.57 Å². The molecule has 0 unspecified atom stereocenters. The molecule has 0 bridgehead atoms. The van der Waals surface area contributed by atoms with Crippen LogP contribution in [0.5, 0.6) is 0 Å². The SMILES string of the molecule is C=C(C)C[Se]CC[C@H](N)C(=O)O. The Morgan fingerprint density at radius 3 is 2.75 bits per heavy atom. The van der Waals surface area contributed by atoms with Gasteiger partial charge in [0.15, 0.2) is 0 Å². The predicted molar refractivity (Wildman–Crippen MR) is 50.4 cm³/mol. The predicted octanol–water partition coefficient (Wildman–Crippen LogP) is 0.905. The van der Waals surface area contributed by atoms with E-state index in [0.29, 0.717) is 21.4 Å². The van der Waals surface area contributed by atoms with Crippen molar-refractivity contribution in [1.29, 1.82) is 0 Å². The van der Waals surface area contributed by atoms with Crippen LogP contribution in [0, 0.1) is 0 Å². The van der Waals surface area contributed by atoms with Crippen molar-refractivity contribution in [2.45, 2.75) is 30.0 Å². The van der Waals surface area contributed by atoms with Gasteiger partial charge in [-0.05, 0) is 0 Å². The monoisotopic (exact) mass is 237 g/mol. The third kappa shape index (κ3) is 6.40. The molecule has 0 spiro atoms. The quantitative estimate of drug-likeness (QED) is 0.409. The van der Waals surface area contributed by atoms with Gasteiger partial charge in [-0.1, -0.05) is 0 Å². The number of hydrogen-bond donors (Lipinski definition) is 2. The van der Waals surface area contributed by atoms with Gasteiger partial charge in [0.05, 0.1) is 0 Å². The van der Waals surface area contributed by atoms with Crippen LogP contribution in [-0.4, -0.2) is 32.1 Å². The minimum atomic E-state index is -0.902. The van der Waals surface area contributed by atoms with Crippen LogP contribution in [0.3, 0.4) is 0 Å². The van der Waals surface area contributed by atoms with Crippen LogP contribution in [0.1, 0.15) is 13.3 Å². The van der Waals surface area contributed by atoms with Gasteiger partial charge in [0.1, 0.15) is 0 Å². The first kappa shape index (κ1) is 11.7. The molecule has 0 aromatic rings. The number of aliphatic carboxylic acids is 1. The molecular formula is C8H15NO2Se. The molecule has 70 valence electrons. The zero-order chi connectivity index (χ0) is 9.56. The van der Waals surface area contributed by atoms with Crippen molar-refractivity contribution in [3.63, 3.8) is 0 Å². The van der Waals surface area contributed by atoms with E-state index < -0.39 is 12.0 Å². The molecule has 0 aliphatic carbocycles. The molecule has 0 saturated carbocycles. The van der Waals surface area contributed by atoms with Crippen molar-refractivity contribution in [2.75, 3.05) is 0 Å². The molecule has 3 nitrogen and oxygen atoms in total. The summed E-state index contributed by atoms with van der Waals surface area (Å²) in [6.07, 6.45) is 0.586. The van der Waals surface area contributed by atoms with Gasteiger partial charge in [0, 0.05) is 0 Å². The number of hydrogen-bond acceptors (Lipinski definition) is 2.